The number of rotatable bonds is 8. The molecule has 0 unspecified atom stereocenters. The lowest BCUT2D eigenvalue weighted by Crippen LogP contribution is -2.39. The third-order valence-electron chi connectivity index (χ3n) is 6.65. The first-order valence-electron chi connectivity index (χ1n) is 12.4. The molecule has 0 saturated carbocycles. The van der Waals surface area contributed by atoms with Gasteiger partial charge < -0.3 is 20.2 Å². The number of amides is 1. The van der Waals surface area contributed by atoms with Gasteiger partial charge in [-0.05, 0) is 48.7 Å². The van der Waals surface area contributed by atoms with Gasteiger partial charge in [-0.15, -0.1) is 0 Å². The van der Waals surface area contributed by atoms with Crippen LogP contribution in [0.15, 0.2) is 48.1 Å². The van der Waals surface area contributed by atoms with Gasteiger partial charge in [-0.2, -0.15) is 8.78 Å². The predicted molar refractivity (Wildman–Crippen MR) is 140 cm³/mol. The summed E-state index contributed by atoms with van der Waals surface area (Å²) in [5, 5.41) is 11.7. The topological polar surface area (TPSA) is 115 Å². The summed E-state index contributed by atoms with van der Waals surface area (Å²) in [5.74, 6) is -3.16. The van der Waals surface area contributed by atoms with E-state index in [1.54, 1.807) is 28.0 Å². The van der Waals surface area contributed by atoms with Gasteiger partial charge in [-0.3, -0.25) is 9.52 Å². The van der Waals surface area contributed by atoms with Crippen molar-refractivity contribution < 1.29 is 35.9 Å². The van der Waals surface area contributed by atoms with E-state index in [0.29, 0.717) is 11.5 Å². The van der Waals surface area contributed by atoms with Gasteiger partial charge in [0.05, 0.1) is 29.3 Å². The Labute approximate surface area is 223 Å². The SMILES string of the molecule is O=C(Nc1cccc(N2CCC(F)(F)CC2)n1)c1ccc(NS(=O)(=O)CCO)cc1N1CCC(=C(F)F)CC1. The maximum Gasteiger partial charge on any atom is 0.269 e. The van der Waals surface area contributed by atoms with Gasteiger partial charge >= 0.3 is 0 Å². The molecule has 0 radical (unpaired) electrons. The minimum atomic E-state index is -3.84. The molecule has 39 heavy (non-hydrogen) atoms. The van der Waals surface area contributed by atoms with Crippen LogP contribution in [0.3, 0.4) is 0 Å². The quantitative estimate of drug-likeness (QED) is 0.410. The molecule has 3 heterocycles. The molecule has 1 aromatic heterocycles. The summed E-state index contributed by atoms with van der Waals surface area (Å²) in [6.07, 6.45) is -2.13. The van der Waals surface area contributed by atoms with Crippen LogP contribution in [0.25, 0.3) is 0 Å². The summed E-state index contributed by atoms with van der Waals surface area (Å²) in [6.45, 7) is 0.0466. The molecule has 2 saturated heterocycles. The van der Waals surface area contributed by atoms with E-state index in [9.17, 15) is 30.8 Å². The van der Waals surface area contributed by atoms with E-state index in [0.717, 1.165) is 0 Å². The van der Waals surface area contributed by atoms with E-state index in [1.165, 1.54) is 18.2 Å². The monoisotopic (exact) mass is 571 g/mol. The zero-order chi connectivity index (χ0) is 28.2. The largest absolute Gasteiger partial charge is 0.395 e. The first kappa shape index (κ1) is 28.6. The molecule has 4 rings (SSSR count). The van der Waals surface area contributed by atoms with Crippen molar-refractivity contribution in [2.75, 3.05) is 58.4 Å². The number of halogens is 4. The van der Waals surface area contributed by atoms with Crippen molar-refractivity contribution in [3.05, 3.63) is 53.6 Å². The number of carbonyl (C=O) groups excluding carboxylic acids is 1. The molecule has 14 heteroatoms. The van der Waals surface area contributed by atoms with E-state index >= 15 is 0 Å². The van der Waals surface area contributed by atoms with Gasteiger partial charge in [0.25, 0.3) is 17.9 Å². The normalized spacial score (nSPS) is 17.6. The molecule has 2 fully saturated rings. The smallest absolute Gasteiger partial charge is 0.269 e. The Morgan fingerprint density at radius 1 is 1.03 bits per heavy atom. The molecule has 0 bridgehead atoms. The van der Waals surface area contributed by atoms with E-state index in [2.05, 4.69) is 15.0 Å². The molecular formula is C25H29F4N5O4S. The number of piperidine rings is 2. The summed E-state index contributed by atoms with van der Waals surface area (Å²) in [5.41, 5.74) is 0.686. The number of aliphatic hydroxyl groups excluding tert-OH is 1. The van der Waals surface area contributed by atoms with Crippen molar-refractivity contribution in [2.24, 2.45) is 0 Å². The Bertz CT molecular complexity index is 1330. The van der Waals surface area contributed by atoms with E-state index in [-0.39, 0.29) is 74.5 Å². The second kappa shape index (κ2) is 11.8. The van der Waals surface area contributed by atoms with Crippen LogP contribution in [0.2, 0.25) is 0 Å². The average molecular weight is 572 g/mol. The van der Waals surface area contributed by atoms with Crippen LogP contribution in [0.5, 0.6) is 0 Å². The van der Waals surface area contributed by atoms with Crippen LogP contribution in [-0.2, 0) is 10.0 Å². The number of nitrogens with zero attached hydrogens (tertiary/aromatic N) is 3. The van der Waals surface area contributed by atoms with Crippen LogP contribution in [0, 0.1) is 0 Å². The van der Waals surface area contributed by atoms with Crippen molar-refractivity contribution >= 4 is 38.9 Å². The number of nitrogens with one attached hydrogen (secondary N) is 2. The Balaban J connectivity index is 1.57. The lowest BCUT2D eigenvalue weighted by Gasteiger charge is -2.32. The highest BCUT2D eigenvalue weighted by atomic mass is 32.2. The fourth-order valence-electron chi connectivity index (χ4n) is 4.52. The molecule has 0 atom stereocenters. The number of benzene rings is 1. The number of carbonyl (C=O) groups is 1. The maximum absolute atomic E-state index is 13.5. The van der Waals surface area contributed by atoms with Crippen LogP contribution in [0.4, 0.5) is 40.6 Å². The fourth-order valence-corrected chi connectivity index (χ4v) is 5.35. The van der Waals surface area contributed by atoms with Gasteiger partial charge in [0.2, 0.25) is 10.0 Å². The van der Waals surface area contributed by atoms with E-state index in [4.69, 9.17) is 5.11 Å². The van der Waals surface area contributed by atoms with Gasteiger partial charge in [-0.1, -0.05) is 6.07 Å². The number of anilines is 4. The maximum atomic E-state index is 13.5. The highest BCUT2D eigenvalue weighted by Crippen LogP contribution is 2.32. The number of hydrogen-bond acceptors (Lipinski definition) is 7. The molecule has 9 nitrogen and oxygen atoms in total. The lowest BCUT2D eigenvalue weighted by atomic mass is 10.0. The predicted octanol–water partition coefficient (Wildman–Crippen LogP) is 4.05. The standard InChI is InChI=1S/C25H29F4N5O4S/c26-23(27)17-6-10-33(11-7-17)20-16-18(32-39(37,38)15-14-35)4-5-19(20)24(36)31-21-2-1-3-22(30-21)34-12-8-25(28,29)9-13-34/h1-5,16,32,35H,6-15H2,(H,30,31,36). The third kappa shape index (κ3) is 7.38. The summed E-state index contributed by atoms with van der Waals surface area (Å²) in [7, 11) is -3.84. The second-order valence-corrected chi connectivity index (χ2v) is 11.2. The Kier molecular flexibility index (Phi) is 8.64. The Morgan fingerprint density at radius 2 is 1.72 bits per heavy atom. The zero-order valence-corrected chi connectivity index (χ0v) is 21.8. The number of hydrogen-bond donors (Lipinski definition) is 3. The summed E-state index contributed by atoms with van der Waals surface area (Å²) < 4.78 is 79.9. The van der Waals surface area contributed by atoms with Crippen LogP contribution in [-0.4, -0.2) is 68.9 Å². The highest BCUT2D eigenvalue weighted by molar-refractivity contribution is 7.92. The Morgan fingerprint density at radius 3 is 2.36 bits per heavy atom. The minimum Gasteiger partial charge on any atom is -0.395 e. The van der Waals surface area contributed by atoms with Crippen LogP contribution >= 0.6 is 0 Å². The van der Waals surface area contributed by atoms with Crippen LogP contribution in [0.1, 0.15) is 36.0 Å². The molecule has 2 aromatic rings. The van der Waals surface area contributed by atoms with Gasteiger partial charge in [0.15, 0.2) is 0 Å². The van der Waals surface area contributed by atoms with Gasteiger partial charge in [-0.25, -0.2) is 22.2 Å². The molecule has 0 aliphatic carbocycles. The first-order chi connectivity index (χ1) is 18.5. The van der Waals surface area contributed by atoms with Crippen molar-refractivity contribution in [2.45, 2.75) is 31.6 Å². The first-order valence-corrected chi connectivity index (χ1v) is 14.1. The van der Waals surface area contributed by atoms with Crippen molar-refractivity contribution in [1.82, 2.24) is 4.98 Å². The number of aliphatic hydroxyl groups is 1. The van der Waals surface area contributed by atoms with Gasteiger partial charge in [0, 0.05) is 39.0 Å². The fraction of sp³-hybridized carbons (Fsp3) is 0.440. The van der Waals surface area contributed by atoms with E-state index in [1.807, 2.05) is 0 Å². The summed E-state index contributed by atoms with van der Waals surface area (Å²) >= 11 is 0. The molecule has 2 aliphatic rings. The van der Waals surface area contributed by atoms with Crippen molar-refractivity contribution in [3.63, 3.8) is 0 Å². The number of pyridine rings is 1. The van der Waals surface area contributed by atoms with E-state index < -0.39 is 40.3 Å². The van der Waals surface area contributed by atoms with Crippen molar-refractivity contribution in [1.29, 1.82) is 0 Å². The lowest BCUT2D eigenvalue weighted by molar-refractivity contribution is -0.0221. The summed E-state index contributed by atoms with van der Waals surface area (Å²) in [6, 6.07) is 9.12. The molecule has 1 amide bonds. The number of aromatic nitrogens is 1. The summed E-state index contributed by atoms with van der Waals surface area (Å²) in [4.78, 5) is 21.2. The third-order valence-corrected chi connectivity index (χ3v) is 7.91. The molecule has 212 valence electrons. The highest BCUT2D eigenvalue weighted by Gasteiger charge is 2.34. The van der Waals surface area contributed by atoms with Crippen LogP contribution < -0.4 is 19.8 Å². The number of sulfonamides is 1. The number of alkyl halides is 2. The molecular weight excluding hydrogens is 542 g/mol. The van der Waals surface area contributed by atoms with Gasteiger partial charge in [0.1, 0.15) is 11.6 Å². The second-order valence-electron chi connectivity index (χ2n) is 9.41. The molecule has 2 aliphatic heterocycles. The molecule has 1 aromatic carbocycles. The van der Waals surface area contributed by atoms with Crippen molar-refractivity contribution in [3.8, 4) is 0 Å². The minimum absolute atomic E-state index is 0.0357. The Hall–Kier alpha value is -3.39. The average Bonchev–Trinajstić information content (AvgIpc) is 2.88. The molecule has 3 N–H and O–H groups in total. The zero-order valence-electron chi connectivity index (χ0n) is 21.0. The molecule has 0 spiro atoms.